The Bertz CT molecular complexity index is 1470. The van der Waals surface area contributed by atoms with Crippen LogP contribution in [-0.4, -0.2) is 34.0 Å². The maximum atomic E-state index is 13.4. The number of non-ortho nitro benzene ring substituents is 2. The third-order valence-electron chi connectivity index (χ3n) is 6.93. The summed E-state index contributed by atoms with van der Waals surface area (Å²) in [4.78, 5) is 36.0. The number of carbonyl (C=O) groups is 1. The van der Waals surface area contributed by atoms with Crippen molar-refractivity contribution in [2.24, 2.45) is 0 Å². The number of fused-ring (bicyclic) bond motifs is 3. The lowest BCUT2D eigenvalue weighted by molar-refractivity contribution is -0.385. The van der Waals surface area contributed by atoms with E-state index >= 15 is 0 Å². The summed E-state index contributed by atoms with van der Waals surface area (Å²) in [7, 11) is 0. The van der Waals surface area contributed by atoms with Crippen LogP contribution in [0.15, 0.2) is 97.1 Å². The molecule has 9 heteroatoms. The average Bonchev–Trinajstić information content (AvgIpc) is 3.28. The number of nitrogens with zero attached hydrogens (tertiary/aromatic N) is 3. The normalized spacial score (nSPS) is 11.9. The van der Waals surface area contributed by atoms with Gasteiger partial charge in [0.15, 0.2) is 0 Å². The molecular weight excluding hydrogens is 498 g/mol. The lowest BCUT2D eigenvalue weighted by Crippen LogP contribution is -2.34. The Labute approximate surface area is 224 Å². The first kappa shape index (κ1) is 25.6. The maximum absolute atomic E-state index is 13.4. The lowest BCUT2D eigenvalue weighted by atomic mass is 9.98. The Balaban J connectivity index is 1.32. The van der Waals surface area contributed by atoms with Gasteiger partial charge >= 0.3 is 6.09 Å². The minimum Gasteiger partial charge on any atom is -0.448 e. The number of carbonyl (C=O) groups excluding carboxylic acids is 1. The molecule has 9 nitrogen and oxygen atoms in total. The first-order valence-corrected chi connectivity index (χ1v) is 12.5. The predicted molar refractivity (Wildman–Crippen MR) is 145 cm³/mol. The van der Waals surface area contributed by atoms with Crippen molar-refractivity contribution in [3.63, 3.8) is 0 Å². The molecule has 1 aliphatic rings. The first-order valence-electron chi connectivity index (χ1n) is 12.5. The third kappa shape index (κ3) is 5.62. The van der Waals surface area contributed by atoms with Crippen molar-refractivity contribution in [1.82, 2.24) is 4.90 Å². The van der Waals surface area contributed by atoms with Gasteiger partial charge in [0, 0.05) is 43.3 Å². The van der Waals surface area contributed by atoms with Gasteiger partial charge in [-0.25, -0.2) is 4.79 Å². The van der Waals surface area contributed by atoms with Gasteiger partial charge in [-0.1, -0.05) is 72.8 Å². The smallest absolute Gasteiger partial charge is 0.410 e. The van der Waals surface area contributed by atoms with Crippen LogP contribution in [0.25, 0.3) is 11.1 Å². The van der Waals surface area contributed by atoms with Crippen molar-refractivity contribution in [1.29, 1.82) is 0 Å². The second kappa shape index (κ2) is 11.1. The molecule has 196 valence electrons. The molecule has 0 heterocycles. The van der Waals surface area contributed by atoms with E-state index in [-0.39, 0.29) is 30.4 Å². The van der Waals surface area contributed by atoms with Crippen LogP contribution in [0.4, 0.5) is 16.2 Å². The summed E-state index contributed by atoms with van der Waals surface area (Å²) in [5.41, 5.74) is 6.01. The Kier molecular flexibility index (Phi) is 7.31. The van der Waals surface area contributed by atoms with Gasteiger partial charge < -0.3 is 9.64 Å². The van der Waals surface area contributed by atoms with Gasteiger partial charge in [-0.05, 0) is 39.8 Å². The number of ether oxygens (including phenoxy) is 1. The molecule has 1 aliphatic carbocycles. The number of nitro groups is 2. The van der Waals surface area contributed by atoms with Crippen LogP contribution < -0.4 is 0 Å². The fourth-order valence-corrected chi connectivity index (χ4v) is 4.91. The van der Waals surface area contributed by atoms with Crippen LogP contribution in [0, 0.1) is 20.2 Å². The molecule has 0 aromatic heterocycles. The summed E-state index contributed by atoms with van der Waals surface area (Å²) in [6, 6.07) is 28.4. The Morgan fingerprint density at radius 2 is 1.21 bits per heavy atom. The number of amides is 1. The molecule has 0 saturated carbocycles. The molecule has 0 aliphatic heterocycles. The number of benzene rings is 4. The highest BCUT2D eigenvalue weighted by Gasteiger charge is 2.29. The topological polar surface area (TPSA) is 116 Å². The van der Waals surface area contributed by atoms with Crippen molar-refractivity contribution in [2.45, 2.75) is 18.9 Å². The molecular formula is C30H25N3O6. The number of hydrogen-bond acceptors (Lipinski definition) is 6. The van der Waals surface area contributed by atoms with Gasteiger partial charge in [0.2, 0.25) is 0 Å². The second-order valence-corrected chi connectivity index (χ2v) is 9.32. The van der Waals surface area contributed by atoms with Crippen molar-refractivity contribution in [2.75, 3.05) is 13.2 Å². The highest BCUT2D eigenvalue weighted by Crippen LogP contribution is 2.44. The molecule has 0 radical (unpaired) electrons. The molecule has 0 spiro atoms. The van der Waals surface area contributed by atoms with Gasteiger partial charge in [-0.15, -0.1) is 0 Å². The molecule has 0 atom stereocenters. The number of hydrogen-bond donors (Lipinski definition) is 0. The van der Waals surface area contributed by atoms with Crippen molar-refractivity contribution in [3.05, 3.63) is 140 Å². The van der Waals surface area contributed by atoms with E-state index in [1.807, 2.05) is 24.3 Å². The van der Waals surface area contributed by atoms with Crippen LogP contribution in [0.2, 0.25) is 0 Å². The van der Waals surface area contributed by atoms with Crippen LogP contribution >= 0.6 is 0 Å². The second-order valence-electron chi connectivity index (χ2n) is 9.32. The third-order valence-corrected chi connectivity index (χ3v) is 6.93. The molecule has 4 aromatic rings. The summed E-state index contributed by atoms with van der Waals surface area (Å²) >= 11 is 0. The molecule has 5 rings (SSSR count). The quantitative estimate of drug-likeness (QED) is 0.183. The number of rotatable bonds is 9. The van der Waals surface area contributed by atoms with Crippen LogP contribution in [0.1, 0.15) is 28.2 Å². The molecule has 0 saturated heterocycles. The molecule has 0 N–H and O–H groups in total. The van der Waals surface area contributed by atoms with E-state index in [0.717, 1.165) is 33.4 Å². The summed E-state index contributed by atoms with van der Waals surface area (Å²) in [6.45, 7) is 0.661. The van der Waals surface area contributed by atoms with Crippen molar-refractivity contribution in [3.8, 4) is 11.1 Å². The number of nitro benzene ring substituents is 2. The predicted octanol–water partition coefficient (Wildman–Crippen LogP) is 6.50. The lowest BCUT2D eigenvalue weighted by Gasteiger charge is -2.24. The summed E-state index contributed by atoms with van der Waals surface area (Å²) in [5, 5.41) is 22.0. The molecule has 1 amide bonds. The zero-order chi connectivity index (χ0) is 27.4. The van der Waals surface area contributed by atoms with Crippen LogP contribution in [0.3, 0.4) is 0 Å². The summed E-state index contributed by atoms with van der Waals surface area (Å²) < 4.78 is 5.86. The standard InChI is InChI=1S/C30H25N3O6/c34-30(39-20-29-27-7-3-1-5-25(27)26-6-2-4-8-28(26)29)31(19-22-11-15-24(16-12-22)33(37)38)18-17-21-9-13-23(14-10-21)32(35)36/h1-16,29H,17-20H2. The van der Waals surface area contributed by atoms with Gasteiger partial charge in [0.05, 0.1) is 9.85 Å². The first-order chi connectivity index (χ1) is 18.9. The van der Waals surface area contributed by atoms with Gasteiger partial charge in [-0.2, -0.15) is 0 Å². The Morgan fingerprint density at radius 1 is 0.718 bits per heavy atom. The van der Waals surface area contributed by atoms with Crippen molar-refractivity contribution < 1.29 is 19.4 Å². The van der Waals surface area contributed by atoms with Gasteiger partial charge in [0.25, 0.3) is 11.4 Å². The van der Waals surface area contributed by atoms with Crippen LogP contribution in [-0.2, 0) is 17.7 Å². The van der Waals surface area contributed by atoms with E-state index in [2.05, 4.69) is 24.3 Å². The van der Waals surface area contributed by atoms with Crippen molar-refractivity contribution >= 4 is 17.5 Å². The van der Waals surface area contributed by atoms with E-state index in [1.165, 1.54) is 24.3 Å². The fraction of sp³-hybridized carbons (Fsp3) is 0.167. The largest absolute Gasteiger partial charge is 0.448 e. The van der Waals surface area contributed by atoms with Crippen LogP contribution in [0.5, 0.6) is 0 Å². The zero-order valence-electron chi connectivity index (χ0n) is 20.9. The molecule has 0 fully saturated rings. The molecule has 4 aromatic carbocycles. The molecule has 0 bridgehead atoms. The van der Waals surface area contributed by atoms with E-state index in [0.29, 0.717) is 13.0 Å². The van der Waals surface area contributed by atoms with E-state index < -0.39 is 15.9 Å². The SMILES string of the molecule is O=C(OCC1c2ccccc2-c2ccccc21)N(CCc1ccc([N+](=O)[O-])cc1)Cc1ccc([N+](=O)[O-])cc1. The van der Waals surface area contributed by atoms with E-state index in [4.69, 9.17) is 4.74 Å². The van der Waals surface area contributed by atoms with E-state index in [1.54, 1.807) is 29.2 Å². The summed E-state index contributed by atoms with van der Waals surface area (Å²) in [6.07, 6.45) is -0.0491. The summed E-state index contributed by atoms with van der Waals surface area (Å²) in [5.74, 6) is -0.0859. The minimum atomic E-state index is -0.503. The average molecular weight is 524 g/mol. The molecule has 0 unspecified atom stereocenters. The maximum Gasteiger partial charge on any atom is 0.410 e. The van der Waals surface area contributed by atoms with E-state index in [9.17, 15) is 25.0 Å². The zero-order valence-corrected chi connectivity index (χ0v) is 20.9. The highest BCUT2D eigenvalue weighted by atomic mass is 16.6. The fourth-order valence-electron chi connectivity index (χ4n) is 4.91. The highest BCUT2D eigenvalue weighted by molar-refractivity contribution is 5.79. The van der Waals surface area contributed by atoms with Gasteiger partial charge in [0.1, 0.15) is 6.61 Å². The van der Waals surface area contributed by atoms with Gasteiger partial charge in [-0.3, -0.25) is 20.2 Å². The monoisotopic (exact) mass is 523 g/mol. The Morgan fingerprint density at radius 3 is 1.72 bits per heavy atom. The minimum absolute atomic E-state index is 0.00183. The molecule has 39 heavy (non-hydrogen) atoms. The Hall–Kier alpha value is -5.05.